The lowest BCUT2D eigenvalue weighted by Crippen LogP contribution is -2.31. The van der Waals surface area contributed by atoms with E-state index in [1.807, 2.05) is 6.08 Å². The quantitative estimate of drug-likeness (QED) is 0.617. The molecule has 120 valence electrons. The lowest BCUT2D eigenvalue weighted by molar-refractivity contribution is 0.0590. The van der Waals surface area contributed by atoms with Crippen molar-refractivity contribution in [1.29, 1.82) is 0 Å². The van der Waals surface area contributed by atoms with Crippen LogP contribution >= 0.6 is 0 Å². The van der Waals surface area contributed by atoms with Gasteiger partial charge in [0.1, 0.15) is 11.4 Å². The summed E-state index contributed by atoms with van der Waals surface area (Å²) in [5.74, 6) is -1.96. The first-order chi connectivity index (χ1) is 10.5. The Kier molecular flexibility index (Phi) is 5.28. The van der Waals surface area contributed by atoms with E-state index in [1.165, 1.54) is 12.1 Å². The van der Waals surface area contributed by atoms with E-state index in [0.29, 0.717) is 6.54 Å². The molecule has 2 N–H and O–H groups in total. The Hall–Kier alpha value is -1.77. The first-order valence-electron chi connectivity index (χ1n) is 6.71. The van der Waals surface area contributed by atoms with Crippen molar-refractivity contribution in [1.82, 2.24) is 10.0 Å². The predicted octanol–water partition coefficient (Wildman–Crippen LogP) is 0.810. The lowest BCUT2D eigenvalue weighted by atomic mass is 10.1. The molecule has 0 unspecified atom stereocenters. The van der Waals surface area contributed by atoms with Crippen molar-refractivity contribution >= 4 is 16.0 Å². The smallest absolute Gasteiger partial charge is 0.342 e. The van der Waals surface area contributed by atoms with Crippen molar-refractivity contribution < 1.29 is 22.3 Å². The number of carbonyl (C=O) groups excluding carboxylic acids is 1. The SMILES string of the molecule is COC(=O)c1c(F)cccc1S(=O)(=O)NCC1=CCNCC1. The van der Waals surface area contributed by atoms with Crippen LogP contribution in [0.2, 0.25) is 0 Å². The second-order valence-corrected chi connectivity index (χ2v) is 6.48. The van der Waals surface area contributed by atoms with Gasteiger partial charge in [0.15, 0.2) is 0 Å². The monoisotopic (exact) mass is 328 g/mol. The van der Waals surface area contributed by atoms with Gasteiger partial charge in [-0.15, -0.1) is 0 Å². The van der Waals surface area contributed by atoms with Crippen molar-refractivity contribution in [3.05, 3.63) is 41.2 Å². The molecule has 8 heteroatoms. The van der Waals surface area contributed by atoms with E-state index in [0.717, 1.165) is 31.7 Å². The molecule has 2 rings (SSSR count). The van der Waals surface area contributed by atoms with Crippen molar-refractivity contribution in [3.8, 4) is 0 Å². The van der Waals surface area contributed by atoms with Gasteiger partial charge >= 0.3 is 5.97 Å². The number of carbonyl (C=O) groups is 1. The maximum Gasteiger partial charge on any atom is 0.342 e. The van der Waals surface area contributed by atoms with Crippen LogP contribution in [0.25, 0.3) is 0 Å². The van der Waals surface area contributed by atoms with Crippen LogP contribution in [0.5, 0.6) is 0 Å². The third-order valence-corrected chi connectivity index (χ3v) is 4.75. The minimum Gasteiger partial charge on any atom is -0.465 e. The van der Waals surface area contributed by atoms with Crippen LogP contribution in [-0.4, -0.2) is 41.1 Å². The normalized spacial score (nSPS) is 15.3. The summed E-state index contributed by atoms with van der Waals surface area (Å²) in [6, 6.07) is 3.43. The number of hydrogen-bond acceptors (Lipinski definition) is 5. The highest BCUT2D eigenvalue weighted by molar-refractivity contribution is 7.89. The van der Waals surface area contributed by atoms with Gasteiger partial charge in [0, 0.05) is 13.1 Å². The molecule has 1 aliphatic rings. The molecule has 0 fully saturated rings. The standard InChI is InChI=1S/C14H17FN2O4S/c1-21-14(18)13-11(15)3-2-4-12(13)22(19,20)17-9-10-5-7-16-8-6-10/h2-5,16-17H,6-9H2,1H3. The minimum atomic E-state index is -4.02. The number of ether oxygens (including phenoxy) is 1. The van der Waals surface area contributed by atoms with E-state index < -0.39 is 32.3 Å². The number of sulfonamides is 1. The number of esters is 1. The van der Waals surface area contributed by atoms with E-state index in [-0.39, 0.29) is 6.54 Å². The zero-order chi connectivity index (χ0) is 16.2. The number of rotatable bonds is 5. The molecule has 0 spiro atoms. The Morgan fingerprint density at radius 3 is 2.86 bits per heavy atom. The molecule has 0 aliphatic carbocycles. The summed E-state index contributed by atoms with van der Waals surface area (Å²) < 4.78 is 45.3. The van der Waals surface area contributed by atoms with E-state index in [1.54, 1.807) is 0 Å². The largest absolute Gasteiger partial charge is 0.465 e. The molecule has 6 nitrogen and oxygen atoms in total. The molecule has 1 aliphatic heterocycles. The molecule has 0 saturated carbocycles. The Labute approximate surface area is 128 Å². The molecule has 22 heavy (non-hydrogen) atoms. The van der Waals surface area contributed by atoms with Crippen molar-refractivity contribution in [2.75, 3.05) is 26.7 Å². The minimum absolute atomic E-state index is 0.126. The van der Waals surface area contributed by atoms with E-state index in [4.69, 9.17) is 0 Å². The van der Waals surface area contributed by atoms with E-state index in [9.17, 15) is 17.6 Å². The van der Waals surface area contributed by atoms with E-state index >= 15 is 0 Å². The molecule has 0 saturated heterocycles. The van der Waals surface area contributed by atoms with E-state index in [2.05, 4.69) is 14.8 Å². The molecule has 1 heterocycles. The number of benzene rings is 1. The Morgan fingerprint density at radius 1 is 1.45 bits per heavy atom. The van der Waals surface area contributed by atoms with Crippen LogP contribution in [0.1, 0.15) is 16.8 Å². The predicted molar refractivity (Wildman–Crippen MR) is 78.5 cm³/mol. The molecular formula is C14H17FN2O4S. The summed E-state index contributed by atoms with van der Waals surface area (Å²) in [6.45, 7) is 1.59. The summed E-state index contributed by atoms with van der Waals surface area (Å²) >= 11 is 0. The highest BCUT2D eigenvalue weighted by Crippen LogP contribution is 2.20. The van der Waals surface area contributed by atoms with Crippen LogP contribution in [0.3, 0.4) is 0 Å². The van der Waals surface area contributed by atoms with Crippen molar-refractivity contribution in [3.63, 3.8) is 0 Å². The number of methoxy groups -OCH3 is 1. The van der Waals surface area contributed by atoms with Crippen molar-refractivity contribution in [2.45, 2.75) is 11.3 Å². The number of hydrogen-bond donors (Lipinski definition) is 2. The van der Waals surface area contributed by atoms with Gasteiger partial charge < -0.3 is 10.1 Å². The van der Waals surface area contributed by atoms with Crippen molar-refractivity contribution in [2.24, 2.45) is 0 Å². The molecule has 0 aromatic heterocycles. The maximum absolute atomic E-state index is 13.8. The van der Waals surface area contributed by atoms with Crippen LogP contribution < -0.4 is 10.0 Å². The second-order valence-electron chi connectivity index (χ2n) is 4.75. The molecule has 0 bridgehead atoms. The van der Waals surface area contributed by atoms with Gasteiger partial charge in [-0.3, -0.25) is 0 Å². The fourth-order valence-corrected chi connectivity index (χ4v) is 3.36. The van der Waals surface area contributed by atoms with Crippen LogP contribution in [-0.2, 0) is 14.8 Å². The topological polar surface area (TPSA) is 84.5 Å². The maximum atomic E-state index is 13.8. The fraction of sp³-hybridized carbons (Fsp3) is 0.357. The summed E-state index contributed by atoms with van der Waals surface area (Å²) in [7, 11) is -2.95. The average Bonchev–Trinajstić information content (AvgIpc) is 2.53. The van der Waals surface area contributed by atoms with Gasteiger partial charge in [0.2, 0.25) is 10.0 Å². The molecule has 0 amide bonds. The van der Waals surface area contributed by atoms with Crippen LogP contribution in [0.4, 0.5) is 4.39 Å². The Morgan fingerprint density at radius 2 is 2.23 bits per heavy atom. The van der Waals surface area contributed by atoms with Gasteiger partial charge in [0.05, 0.1) is 12.0 Å². The summed E-state index contributed by atoms with van der Waals surface area (Å²) in [6.07, 6.45) is 2.63. The van der Waals surface area contributed by atoms with Crippen LogP contribution in [0, 0.1) is 5.82 Å². The Bertz CT molecular complexity index is 701. The molecule has 0 atom stereocenters. The number of halogens is 1. The molecular weight excluding hydrogens is 311 g/mol. The third-order valence-electron chi connectivity index (χ3n) is 3.30. The first-order valence-corrected chi connectivity index (χ1v) is 8.19. The lowest BCUT2D eigenvalue weighted by Gasteiger charge is -2.15. The fourth-order valence-electron chi connectivity index (χ4n) is 2.12. The Balaban J connectivity index is 2.27. The highest BCUT2D eigenvalue weighted by Gasteiger charge is 2.26. The average molecular weight is 328 g/mol. The molecule has 1 aromatic carbocycles. The zero-order valence-corrected chi connectivity index (χ0v) is 12.9. The van der Waals surface area contributed by atoms with Gasteiger partial charge in [0.25, 0.3) is 0 Å². The summed E-state index contributed by atoms with van der Waals surface area (Å²) in [5, 5.41) is 3.12. The molecule has 0 radical (unpaired) electrons. The van der Waals surface area contributed by atoms with Gasteiger partial charge in [-0.25, -0.2) is 22.3 Å². The number of nitrogens with one attached hydrogen (secondary N) is 2. The zero-order valence-electron chi connectivity index (χ0n) is 12.1. The molecule has 1 aromatic rings. The van der Waals surface area contributed by atoms with Gasteiger partial charge in [-0.2, -0.15) is 0 Å². The third kappa shape index (κ3) is 3.70. The van der Waals surface area contributed by atoms with Gasteiger partial charge in [-0.05, 0) is 25.1 Å². The van der Waals surface area contributed by atoms with Crippen LogP contribution in [0.15, 0.2) is 34.7 Å². The van der Waals surface area contributed by atoms with Gasteiger partial charge in [-0.1, -0.05) is 17.7 Å². The second kappa shape index (κ2) is 6.99. The summed E-state index contributed by atoms with van der Waals surface area (Å²) in [4.78, 5) is 11.2. The first kappa shape index (κ1) is 16.6. The highest BCUT2D eigenvalue weighted by atomic mass is 32.2. The summed E-state index contributed by atoms with van der Waals surface area (Å²) in [5.41, 5.74) is 0.357.